The van der Waals surface area contributed by atoms with E-state index in [-0.39, 0.29) is 11.5 Å². The first-order valence-electron chi connectivity index (χ1n) is 10.0. The van der Waals surface area contributed by atoms with Crippen molar-refractivity contribution in [2.45, 2.75) is 84.7 Å². The minimum atomic E-state index is -0.0490. The number of hydrogen-bond acceptors (Lipinski definition) is 2. The Bertz CT molecular complexity index is 500. The number of fused-ring (bicyclic) bond motifs is 5. The van der Waals surface area contributed by atoms with Crippen LogP contribution in [0.2, 0.25) is 0 Å². The zero-order valence-corrected chi connectivity index (χ0v) is 15.2. The zero-order chi connectivity index (χ0) is 16.4. The summed E-state index contributed by atoms with van der Waals surface area (Å²) >= 11 is 0. The first-order valence-corrected chi connectivity index (χ1v) is 10.0. The van der Waals surface area contributed by atoms with Gasteiger partial charge < -0.3 is 5.11 Å². The monoisotopic (exact) mass is 318 g/mol. The van der Waals surface area contributed by atoms with Gasteiger partial charge >= 0.3 is 0 Å². The summed E-state index contributed by atoms with van der Waals surface area (Å²) in [5.41, 5.74) is 0.738. The van der Waals surface area contributed by atoms with Crippen LogP contribution < -0.4 is 0 Å². The van der Waals surface area contributed by atoms with Gasteiger partial charge in [0.2, 0.25) is 0 Å². The molecule has 0 spiro atoms. The molecule has 23 heavy (non-hydrogen) atoms. The van der Waals surface area contributed by atoms with E-state index in [9.17, 15) is 9.90 Å². The molecule has 4 saturated carbocycles. The molecule has 130 valence electrons. The second-order valence-corrected chi connectivity index (χ2v) is 9.87. The maximum Gasteiger partial charge on any atom is 0.133 e. The summed E-state index contributed by atoms with van der Waals surface area (Å²) < 4.78 is 0. The molecule has 4 aliphatic carbocycles. The minimum Gasteiger partial charge on any atom is -0.393 e. The van der Waals surface area contributed by atoms with Gasteiger partial charge in [0.25, 0.3) is 0 Å². The van der Waals surface area contributed by atoms with E-state index in [4.69, 9.17) is 0 Å². The van der Waals surface area contributed by atoms with Crippen LogP contribution in [0.4, 0.5) is 0 Å². The van der Waals surface area contributed by atoms with Gasteiger partial charge in [-0.25, -0.2) is 0 Å². The van der Waals surface area contributed by atoms with Gasteiger partial charge in [0.1, 0.15) is 5.78 Å². The van der Waals surface area contributed by atoms with Gasteiger partial charge in [-0.3, -0.25) is 4.79 Å². The van der Waals surface area contributed by atoms with Crippen molar-refractivity contribution in [3.8, 4) is 0 Å². The van der Waals surface area contributed by atoms with Crippen LogP contribution in [0.5, 0.6) is 0 Å². The third kappa shape index (κ3) is 2.19. The van der Waals surface area contributed by atoms with Gasteiger partial charge in [-0.1, -0.05) is 13.8 Å². The quantitative estimate of drug-likeness (QED) is 0.767. The molecule has 0 radical (unpaired) electrons. The Kier molecular flexibility index (Phi) is 3.72. The summed E-state index contributed by atoms with van der Waals surface area (Å²) in [7, 11) is 0. The fourth-order valence-electron chi connectivity index (χ4n) is 7.90. The van der Waals surface area contributed by atoms with Gasteiger partial charge in [-0.2, -0.15) is 0 Å². The summed E-state index contributed by atoms with van der Waals surface area (Å²) in [5.74, 6) is 3.97. The van der Waals surface area contributed by atoms with Crippen LogP contribution in [0, 0.1) is 40.4 Å². The average Bonchev–Trinajstić information content (AvgIpc) is 2.85. The van der Waals surface area contributed by atoms with Crippen LogP contribution in [-0.2, 0) is 4.79 Å². The lowest BCUT2D eigenvalue weighted by molar-refractivity contribution is -0.138. The fourth-order valence-corrected chi connectivity index (χ4v) is 7.90. The number of hydrogen-bond donors (Lipinski definition) is 1. The number of carbonyl (C=O) groups excluding carboxylic acids is 1. The van der Waals surface area contributed by atoms with Crippen molar-refractivity contribution in [1.82, 2.24) is 0 Å². The van der Waals surface area contributed by atoms with Gasteiger partial charge in [0.05, 0.1) is 6.10 Å². The van der Waals surface area contributed by atoms with Crippen LogP contribution in [0.15, 0.2) is 0 Å². The Balaban J connectivity index is 1.61. The maximum absolute atomic E-state index is 12.2. The van der Waals surface area contributed by atoms with Gasteiger partial charge in [-0.05, 0) is 99.2 Å². The molecule has 0 amide bonds. The molecule has 4 rings (SSSR count). The molecule has 0 aliphatic heterocycles. The van der Waals surface area contributed by atoms with E-state index >= 15 is 0 Å². The topological polar surface area (TPSA) is 37.3 Å². The second-order valence-electron chi connectivity index (χ2n) is 9.87. The molecule has 4 fully saturated rings. The van der Waals surface area contributed by atoms with Gasteiger partial charge in [0.15, 0.2) is 0 Å². The van der Waals surface area contributed by atoms with E-state index < -0.39 is 0 Å². The van der Waals surface area contributed by atoms with Crippen molar-refractivity contribution in [3.05, 3.63) is 0 Å². The Hall–Kier alpha value is -0.370. The number of carbonyl (C=O) groups is 1. The maximum atomic E-state index is 12.2. The van der Waals surface area contributed by atoms with Crippen LogP contribution in [0.1, 0.15) is 78.6 Å². The summed E-state index contributed by atoms with van der Waals surface area (Å²) in [5, 5.41) is 10.1. The SMILES string of the molecule is CC(=O)[C@H]1CCC2[C@@H]3CCC4C[C@H](O)CC[C@]4(C)C3CC[C@@]21C. The molecule has 8 atom stereocenters. The average molecular weight is 319 g/mol. The summed E-state index contributed by atoms with van der Waals surface area (Å²) in [6.45, 7) is 6.80. The molecule has 0 aromatic rings. The number of aliphatic hydroxyl groups excluding tert-OH is 1. The Morgan fingerprint density at radius 1 is 0.913 bits per heavy atom. The van der Waals surface area contributed by atoms with Crippen LogP contribution >= 0.6 is 0 Å². The highest BCUT2D eigenvalue weighted by Crippen LogP contribution is 2.67. The summed E-state index contributed by atoms with van der Waals surface area (Å²) in [4.78, 5) is 12.2. The van der Waals surface area contributed by atoms with Crippen LogP contribution in [-0.4, -0.2) is 17.0 Å². The van der Waals surface area contributed by atoms with Crippen molar-refractivity contribution in [2.24, 2.45) is 40.4 Å². The largest absolute Gasteiger partial charge is 0.393 e. The highest BCUT2D eigenvalue weighted by molar-refractivity contribution is 5.79. The first kappa shape index (κ1) is 16.1. The molecule has 0 bridgehead atoms. The number of aliphatic hydroxyl groups is 1. The van der Waals surface area contributed by atoms with E-state index in [1.54, 1.807) is 0 Å². The molecule has 2 nitrogen and oxygen atoms in total. The minimum absolute atomic E-state index is 0.0490. The van der Waals surface area contributed by atoms with E-state index in [2.05, 4.69) is 13.8 Å². The molecule has 4 aliphatic rings. The lowest BCUT2D eigenvalue weighted by atomic mass is 9.44. The van der Waals surface area contributed by atoms with Gasteiger partial charge in [-0.15, -0.1) is 0 Å². The van der Waals surface area contributed by atoms with Gasteiger partial charge in [0, 0.05) is 5.92 Å². The Labute approximate surface area is 141 Å². The smallest absolute Gasteiger partial charge is 0.133 e. The molecule has 3 unspecified atom stereocenters. The van der Waals surface area contributed by atoms with Crippen molar-refractivity contribution in [2.75, 3.05) is 0 Å². The van der Waals surface area contributed by atoms with Crippen LogP contribution in [0.3, 0.4) is 0 Å². The number of rotatable bonds is 1. The molecule has 0 aromatic heterocycles. The van der Waals surface area contributed by atoms with E-state index in [1.807, 2.05) is 6.92 Å². The molecular formula is C21H34O2. The van der Waals surface area contributed by atoms with Crippen molar-refractivity contribution in [1.29, 1.82) is 0 Å². The predicted octanol–water partition coefficient (Wildman–Crippen LogP) is 4.60. The lowest BCUT2D eigenvalue weighted by Gasteiger charge is -2.60. The lowest BCUT2D eigenvalue weighted by Crippen LogP contribution is -2.54. The molecular weight excluding hydrogens is 284 g/mol. The highest BCUT2D eigenvalue weighted by atomic mass is 16.3. The summed E-state index contributed by atoms with van der Waals surface area (Å²) in [6, 6.07) is 0. The molecule has 0 aromatic carbocycles. The standard InChI is InChI=1S/C21H34O2/c1-13(22)17-6-7-18-16-5-4-14-12-15(23)8-10-20(14,2)19(16)9-11-21(17,18)3/h14-19,23H,4-12H2,1-3H3/t14?,15-,16+,17-,18?,19?,20+,21-/m1/s1. The number of ketones is 1. The first-order chi connectivity index (χ1) is 10.9. The normalized spacial score (nSPS) is 55.7. The van der Waals surface area contributed by atoms with Crippen LogP contribution in [0.25, 0.3) is 0 Å². The van der Waals surface area contributed by atoms with Crippen molar-refractivity contribution >= 4 is 5.78 Å². The number of Topliss-reactive ketones (excluding diaryl/α,β-unsaturated/α-hetero) is 1. The van der Waals surface area contributed by atoms with E-state index in [1.165, 1.54) is 38.5 Å². The second kappa shape index (κ2) is 5.31. The van der Waals surface area contributed by atoms with Crippen molar-refractivity contribution < 1.29 is 9.90 Å². The fraction of sp³-hybridized carbons (Fsp3) is 0.952. The van der Waals surface area contributed by atoms with E-state index in [0.717, 1.165) is 42.9 Å². The third-order valence-electron chi connectivity index (χ3n) is 9.13. The molecule has 0 saturated heterocycles. The Morgan fingerprint density at radius 2 is 1.61 bits per heavy atom. The Morgan fingerprint density at radius 3 is 2.35 bits per heavy atom. The van der Waals surface area contributed by atoms with Crippen molar-refractivity contribution in [3.63, 3.8) is 0 Å². The van der Waals surface area contributed by atoms with E-state index in [0.29, 0.717) is 17.1 Å². The highest BCUT2D eigenvalue weighted by Gasteiger charge is 2.60. The molecule has 2 heteroatoms. The third-order valence-corrected chi connectivity index (χ3v) is 9.13. The summed E-state index contributed by atoms with van der Waals surface area (Å²) in [6.07, 6.45) is 10.9. The predicted molar refractivity (Wildman–Crippen MR) is 91.9 cm³/mol. The molecule has 0 heterocycles. The molecule has 1 N–H and O–H groups in total. The zero-order valence-electron chi connectivity index (χ0n) is 15.2.